The lowest BCUT2D eigenvalue weighted by molar-refractivity contribution is -0.192. The van der Waals surface area contributed by atoms with Gasteiger partial charge in [-0.15, -0.1) is 0 Å². The van der Waals surface area contributed by atoms with E-state index in [0.717, 1.165) is 0 Å². The standard InChI is InChI=1S/C8H10.C2HF3O2.CH3NO/c1-7-5-3-4-6-8(7)2;3-2(4,5)1(6)7;2-1-3/h3-6H,1-2H3;(H,6,7);1H,(H2,2,3). The molecule has 0 saturated heterocycles. The van der Waals surface area contributed by atoms with E-state index < -0.39 is 12.1 Å². The number of carbonyl (C=O) groups excluding carboxylic acids is 1. The topological polar surface area (TPSA) is 80.4 Å². The quantitative estimate of drug-likeness (QED) is 0.704. The molecule has 0 aliphatic carbocycles. The Balaban J connectivity index is 0. The van der Waals surface area contributed by atoms with Gasteiger partial charge in [0.25, 0.3) is 0 Å². The van der Waals surface area contributed by atoms with Crippen LogP contribution in [0.5, 0.6) is 0 Å². The second-order valence-electron chi connectivity index (χ2n) is 3.02. The molecule has 1 amide bonds. The van der Waals surface area contributed by atoms with Crippen LogP contribution in [-0.4, -0.2) is 23.7 Å². The summed E-state index contributed by atoms with van der Waals surface area (Å²) in [5.74, 6) is -2.76. The first-order valence-electron chi connectivity index (χ1n) is 4.64. The fourth-order valence-corrected chi connectivity index (χ4v) is 0.663. The number of amides is 1. The Morgan fingerprint density at radius 3 is 1.56 bits per heavy atom. The fraction of sp³-hybridized carbons (Fsp3) is 0.273. The van der Waals surface area contributed by atoms with E-state index in [-0.39, 0.29) is 6.41 Å². The predicted octanol–water partition coefficient (Wildman–Crippen LogP) is 2.04. The van der Waals surface area contributed by atoms with Crippen molar-refractivity contribution in [3.05, 3.63) is 35.4 Å². The van der Waals surface area contributed by atoms with Crippen molar-refractivity contribution in [2.45, 2.75) is 20.0 Å². The fourth-order valence-electron chi connectivity index (χ4n) is 0.663. The van der Waals surface area contributed by atoms with Gasteiger partial charge < -0.3 is 10.8 Å². The lowest BCUT2D eigenvalue weighted by atomic mass is 10.1. The zero-order valence-electron chi connectivity index (χ0n) is 9.86. The highest BCUT2D eigenvalue weighted by molar-refractivity contribution is 5.73. The lowest BCUT2D eigenvalue weighted by Crippen LogP contribution is -2.21. The average molecular weight is 265 g/mol. The van der Waals surface area contributed by atoms with E-state index in [1.165, 1.54) is 11.1 Å². The minimum Gasteiger partial charge on any atom is -0.475 e. The minimum absolute atomic E-state index is 0.250. The van der Waals surface area contributed by atoms with Crippen LogP contribution in [0.4, 0.5) is 13.2 Å². The first-order chi connectivity index (χ1) is 8.16. The van der Waals surface area contributed by atoms with Gasteiger partial charge in [0.05, 0.1) is 0 Å². The van der Waals surface area contributed by atoms with Gasteiger partial charge in [-0.1, -0.05) is 24.3 Å². The molecule has 1 rings (SSSR count). The number of carbonyl (C=O) groups is 2. The number of halogens is 3. The third-order valence-electron chi connectivity index (χ3n) is 1.67. The maximum Gasteiger partial charge on any atom is 0.490 e. The summed E-state index contributed by atoms with van der Waals surface area (Å²) >= 11 is 0. The molecule has 7 heteroatoms. The van der Waals surface area contributed by atoms with E-state index in [1.54, 1.807) is 0 Å². The number of hydrogen-bond donors (Lipinski definition) is 2. The van der Waals surface area contributed by atoms with Gasteiger partial charge in [0.15, 0.2) is 0 Å². The molecule has 3 N–H and O–H groups in total. The summed E-state index contributed by atoms with van der Waals surface area (Å²) < 4.78 is 31.7. The van der Waals surface area contributed by atoms with Gasteiger partial charge in [-0.05, 0) is 25.0 Å². The number of rotatable bonds is 0. The van der Waals surface area contributed by atoms with Crippen LogP contribution in [0, 0.1) is 13.8 Å². The summed E-state index contributed by atoms with van der Waals surface area (Å²) in [6.45, 7) is 4.24. The van der Waals surface area contributed by atoms with Crippen molar-refractivity contribution in [3.63, 3.8) is 0 Å². The van der Waals surface area contributed by atoms with Crippen LogP contribution in [0.2, 0.25) is 0 Å². The van der Waals surface area contributed by atoms with E-state index >= 15 is 0 Å². The van der Waals surface area contributed by atoms with Crippen LogP contribution in [-0.2, 0) is 9.59 Å². The number of carboxylic acid groups (broad SMARTS) is 1. The summed E-state index contributed by atoms with van der Waals surface area (Å²) in [5, 5.41) is 7.12. The predicted molar refractivity (Wildman–Crippen MR) is 59.9 cm³/mol. The molecule has 18 heavy (non-hydrogen) atoms. The van der Waals surface area contributed by atoms with E-state index in [4.69, 9.17) is 14.7 Å². The highest BCUT2D eigenvalue weighted by atomic mass is 19.4. The summed E-state index contributed by atoms with van der Waals surface area (Å²) in [6, 6.07) is 8.36. The Hall–Kier alpha value is -2.05. The Kier molecular flexibility index (Phi) is 9.19. The zero-order chi connectivity index (χ0) is 14.8. The SMILES string of the molecule is Cc1ccccc1C.NC=O.O=C(O)C(F)(F)F. The van der Waals surface area contributed by atoms with Gasteiger partial charge in [0, 0.05) is 0 Å². The summed E-state index contributed by atoms with van der Waals surface area (Å²) in [6.07, 6.45) is -4.83. The molecule has 0 aliphatic rings. The van der Waals surface area contributed by atoms with E-state index in [1.807, 2.05) is 0 Å². The van der Waals surface area contributed by atoms with Crippen molar-refractivity contribution < 1.29 is 27.9 Å². The summed E-state index contributed by atoms with van der Waals surface area (Å²) in [7, 11) is 0. The van der Waals surface area contributed by atoms with Crippen molar-refractivity contribution >= 4 is 12.4 Å². The van der Waals surface area contributed by atoms with Crippen LogP contribution < -0.4 is 5.73 Å². The molecule has 1 aromatic rings. The molecule has 0 aromatic heterocycles. The van der Waals surface area contributed by atoms with Crippen LogP contribution >= 0.6 is 0 Å². The second-order valence-corrected chi connectivity index (χ2v) is 3.02. The smallest absolute Gasteiger partial charge is 0.475 e. The molecular weight excluding hydrogens is 251 g/mol. The maximum absolute atomic E-state index is 10.6. The molecule has 0 saturated carbocycles. The van der Waals surface area contributed by atoms with Gasteiger partial charge in [0.2, 0.25) is 6.41 Å². The van der Waals surface area contributed by atoms with Crippen molar-refractivity contribution in [2.24, 2.45) is 5.73 Å². The number of primary amides is 1. The molecule has 0 radical (unpaired) electrons. The Labute approximate surface area is 102 Å². The monoisotopic (exact) mass is 265 g/mol. The van der Waals surface area contributed by atoms with Crippen LogP contribution in [0.15, 0.2) is 24.3 Å². The molecule has 0 atom stereocenters. The number of benzene rings is 1. The van der Waals surface area contributed by atoms with Gasteiger partial charge >= 0.3 is 12.1 Å². The van der Waals surface area contributed by atoms with E-state index in [0.29, 0.717) is 0 Å². The maximum atomic E-state index is 10.6. The lowest BCUT2D eigenvalue weighted by Gasteiger charge is -1.93. The van der Waals surface area contributed by atoms with Crippen molar-refractivity contribution in [2.75, 3.05) is 0 Å². The molecule has 102 valence electrons. The molecule has 0 bridgehead atoms. The third-order valence-corrected chi connectivity index (χ3v) is 1.67. The molecule has 0 heterocycles. The first-order valence-corrected chi connectivity index (χ1v) is 4.64. The Morgan fingerprint density at radius 2 is 1.44 bits per heavy atom. The Bertz CT molecular complexity index is 357. The minimum atomic E-state index is -5.08. The molecule has 0 spiro atoms. The Morgan fingerprint density at radius 1 is 1.22 bits per heavy atom. The van der Waals surface area contributed by atoms with E-state index in [9.17, 15) is 13.2 Å². The van der Waals surface area contributed by atoms with Crippen LogP contribution in [0.25, 0.3) is 0 Å². The normalized spacial score (nSPS) is 9.17. The molecule has 0 aliphatic heterocycles. The number of carboxylic acids is 1. The van der Waals surface area contributed by atoms with E-state index in [2.05, 4.69) is 43.8 Å². The zero-order valence-corrected chi connectivity index (χ0v) is 9.86. The summed E-state index contributed by atoms with van der Waals surface area (Å²) in [4.78, 5) is 17.5. The number of aryl methyl sites for hydroxylation is 2. The average Bonchev–Trinajstić information content (AvgIpc) is 2.23. The van der Waals surface area contributed by atoms with Crippen molar-refractivity contribution in [1.82, 2.24) is 0 Å². The number of aliphatic carboxylic acids is 1. The highest BCUT2D eigenvalue weighted by Crippen LogP contribution is 2.13. The van der Waals surface area contributed by atoms with Crippen LogP contribution in [0.3, 0.4) is 0 Å². The highest BCUT2D eigenvalue weighted by Gasteiger charge is 2.38. The first kappa shape index (κ1) is 18.3. The number of nitrogens with two attached hydrogens (primary N) is 1. The molecular formula is C11H14F3NO3. The molecule has 0 unspecified atom stereocenters. The third kappa shape index (κ3) is 10.5. The number of alkyl halides is 3. The molecule has 4 nitrogen and oxygen atoms in total. The molecule has 0 fully saturated rings. The largest absolute Gasteiger partial charge is 0.490 e. The summed E-state index contributed by atoms with van der Waals surface area (Å²) in [5.41, 5.74) is 6.90. The van der Waals surface area contributed by atoms with Crippen molar-refractivity contribution in [1.29, 1.82) is 0 Å². The second kappa shape index (κ2) is 9.03. The van der Waals surface area contributed by atoms with Gasteiger partial charge in [-0.3, -0.25) is 4.79 Å². The van der Waals surface area contributed by atoms with Crippen molar-refractivity contribution in [3.8, 4) is 0 Å². The molecule has 1 aromatic carbocycles. The van der Waals surface area contributed by atoms with Gasteiger partial charge in [-0.25, -0.2) is 4.79 Å². The van der Waals surface area contributed by atoms with Gasteiger partial charge in [-0.2, -0.15) is 13.2 Å². The number of hydrogen-bond acceptors (Lipinski definition) is 2. The van der Waals surface area contributed by atoms with Crippen LogP contribution in [0.1, 0.15) is 11.1 Å². The van der Waals surface area contributed by atoms with Gasteiger partial charge in [0.1, 0.15) is 0 Å².